The molecule has 82 valence electrons. The Kier molecular flexibility index (Phi) is 2.32. The number of hydrogen-bond acceptors (Lipinski definition) is 1. The molecular formula is C12H15ClFN. The Morgan fingerprint density at radius 1 is 1.40 bits per heavy atom. The van der Waals surface area contributed by atoms with Crippen LogP contribution in [0.1, 0.15) is 32.3 Å². The third kappa shape index (κ3) is 1.66. The Labute approximate surface area is 94.4 Å². The van der Waals surface area contributed by atoms with E-state index in [9.17, 15) is 4.39 Å². The Morgan fingerprint density at radius 3 is 2.47 bits per heavy atom. The van der Waals surface area contributed by atoms with Crippen molar-refractivity contribution in [3.63, 3.8) is 0 Å². The fraction of sp³-hybridized carbons (Fsp3) is 0.500. The maximum absolute atomic E-state index is 13.2. The molecule has 0 amide bonds. The molecule has 0 heterocycles. The molecule has 0 bridgehead atoms. The first kappa shape index (κ1) is 10.9. The van der Waals surface area contributed by atoms with Crippen molar-refractivity contribution in [1.29, 1.82) is 0 Å². The zero-order valence-corrected chi connectivity index (χ0v) is 9.74. The minimum Gasteiger partial charge on any atom is -0.325 e. The highest BCUT2D eigenvalue weighted by atomic mass is 35.5. The van der Waals surface area contributed by atoms with Gasteiger partial charge in [0.2, 0.25) is 0 Å². The lowest BCUT2D eigenvalue weighted by atomic mass is 9.79. The molecule has 15 heavy (non-hydrogen) atoms. The van der Waals surface area contributed by atoms with Gasteiger partial charge in [-0.2, -0.15) is 0 Å². The second-order valence-corrected chi connectivity index (χ2v) is 5.34. The molecule has 2 rings (SSSR count). The van der Waals surface area contributed by atoms with E-state index in [1.165, 1.54) is 12.1 Å². The van der Waals surface area contributed by atoms with Gasteiger partial charge in [-0.3, -0.25) is 0 Å². The van der Waals surface area contributed by atoms with E-state index in [2.05, 4.69) is 0 Å². The van der Waals surface area contributed by atoms with Crippen molar-refractivity contribution in [3.8, 4) is 0 Å². The first-order valence-electron chi connectivity index (χ1n) is 5.11. The highest BCUT2D eigenvalue weighted by Gasteiger charge is 2.54. The van der Waals surface area contributed by atoms with Crippen molar-refractivity contribution >= 4 is 11.6 Å². The highest BCUT2D eigenvalue weighted by Crippen LogP contribution is 2.56. The van der Waals surface area contributed by atoms with Gasteiger partial charge in [0.15, 0.2) is 0 Å². The molecule has 1 nitrogen and oxygen atoms in total. The van der Waals surface area contributed by atoms with E-state index in [1.54, 1.807) is 6.07 Å². The second kappa shape index (κ2) is 3.19. The summed E-state index contributed by atoms with van der Waals surface area (Å²) in [6.45, 7) is 3.95. The van der Waals surface area contributed by atoms with Crippen LogP contribution in [0.15, 0.2) is 18.2 Å². The normalized spacial score (nSPS) is 19.0. The van der Waals surface area contributed by atoms with Gasteiger partial charge in [-0.1, -0.05) is 11.6 Å². The summed E-state index contributed by atoms with van der Waals surface area (Å²) < 4.78 is 13.2. The highest BCUT2D eigenvalue weighted by molar-refractivity contribution is 6.31. The van der Waals surface area contributed by atoms with E-state index < -0.39 is 0 Å². The van der Waals surface area contributed by atoms with Crippen LogP contribution in [0.4, 0.5) is 4.39 Å². The third-order valence-corrected chi connectivity index (χ3v) is 3.76. The first-order chi connectivity index (χ1) is 6.87. The molecule has 1 aromatic carbocycles. The van der Waals surface area contributed by atoms with Gasteiger partial charge in [0, 0.05) is 16.0 Å². The Balaban J connectivity index is 2.50. The van der Waals surface area contributed by atoms with Crippen molar-refractivity contribution in [1.82, 2.24) is 0 Å². The van der Waals surface area contributed by atoms with Crippen LogP contribution in [0.2, 0.25) is 5.02 Å². The summed E-state index contributed by atoms with van der Waals surface area (Å²) in [6, 6.07) is 4.51. The Bertz CT molecular complexity index is 391. The quantitative estimate of drug-likeness (QED) is 0.825. The largest absolute Gasteiger partial charge is 0.325 e. The van der Waals surface area contributed by atoms with Crippen LogP contribution in [0.5, 0.6) is 0 Å². The van der Waals surface area contributed by atoms with Crippen molar-refractivity contribution in [2.24, 2.45) is 5.73 Å². The van der Waals surface area contributed by atoms with Crippen LogP contribution < -0.4 is 5.73 Å². The molecule has 2 N–H and O–H groups in total. The van der Waals surface area contributed by atoms with E-state index in [0.29, 0.717) is 5.02 Å². The lowest BCUT2D eigenvalue weighted by Crippen LogP contribution is -2.45. The molecule has 1 aliphatic rings. The molecule has 0 aliphatic heterocycles. The van der Waals surface area contributed by atoms with E-state index in [0.717, 1.165) is 18.4 Å². The van der Waals surface area contributed by atoms with Crippen LogP contribution in [0.3, 0.4) is 0 Å². The summed E-state index contributed by atoms with van der Waals surface area (Å²) in [4.78, 5) is 0. The zero-order chi connectivity index (χ0) is 11.3. The average molecular weight is 228 g/mol. The van der Waals surface area contributed by atoms with E-state index in [-0.39, 0.29) is 16.8 Å². The minimum absolute atomic E-state index is 0.133. The molecule has 1 aromatic rings. The molecule has 1 aliphatic carbocycles. The fourth-order valence-corrected chi connectivity index (χ4v) is 2.55. The lowest BCUT2D eigenvalue weighted by molar-refractivity contribution is 0.390. The molecule has 0 saturated heterocycles. The van der Waals surface area contributed by atoms with Gasteiger partial charge in [-0.05, 0) is 50.5 Å². The molecule has 0 atom stereocenters. The third-order valence-electron chi connectivity index (χ3n) is 3.43. The van der Waals surface area contributed by atoms with Crippen LogP contribution in [0, 0.1) is 5.82 Å². The molecule has 0 spiro atoms. The van der Waals surface area contributed by atoms with Crippen LogP contribution in [-0.4, -0.2) is 5.54 Å². The van der Waals surface area contributed by atoms with Gasteiger partial charge < -0.3 is 5.73 Å². The van der Waals surface area contributed by atoms with E-state index in [4.69, 9.17) is 17.3 Å². The maximum atomic E-state index is 13.2. The lowest BCUT2D eigenvalue weighted by Gasteiger charge is -2.31. The van der Waals surface area contributed by atoms with Crippen molar-refractivity contribution in [2.45, 2.75) is 37.6 Å². The number of nitrogens with two attached hydrogens (primary N) is 1. The van der Waals surface area contributed by atoms with Crippen LogP contribution in [-0.2, 0) is 5.41 Å². The standard InChI is InChI=1S/C12H15ClFN/c1-11(2,15)12(5-6-12)9-7-8(14)3-4-10(9)13/h3-4,7H,5-6,15H2,1-2H3. The van der Waals surface area contributed by atoms with Gasteiger partial charge in [-0.15, -0.1) is 0 Å². The molecule has 1 fully saturated rings. The van der Waals surface area contributed by atoms with Gasteiger partial charge in [0.05, 0.1) is 0 Å². The Morgan fingerprint density at radius 2 is 2.00 bits per heavy atom. The number of halogens is 2. The molecule has 0 radical (unpaired) electrons. The van der Waals surface area contributed by atoms with E-state index in [1.807, 2.05) is 13.8 Å². The van der Waals surface area contributed by atoms with Crippen LogP contribution >= 0.6 is 11.6 Å². The monoisotopic (exact) mass is 227 g/mol. The van der Waals surface area contributed by atoms with Crippen molar-refractivity contribution in [3.05, 3.63) is 34.6 Å². The maximum Gasteiger partial charge on any atom is 0.123 e. The van der Waals surface area contributed by atoms with Crippen molar-refractivity contribution < 1.29 is 4.39 Å². The van der Waals surface area contributed by atoms with E-state index >= 15 is 0 Å². The number of benzene rings is 1. The summed E-state index contributed by atoms with van der Waals surface area (Å²) in [5.41, 5.74) is 6.51. The van der Waals surface area contributed by atoms with Gasteiger partial charge in [0.25, 0.3) is 0 Å². The minimum atomic E-state index is -0.357. The summed E-state index contributed by atoms with van der Waals surface area (Å²) in [7, 11) is 0. The number of hydrogen-bond donors (Lipinski definition) is 1. The predicted molar refractivity (Wildman–Crippen MR) is 60.6 cm³/mol. The molecule has 0 unspecified atom stereocenters. The van der Waals surface area contributed by atoms with Gasteiger partial charge in [-0.25, -0.2) is 4.39 Å². The summed E-state index contributed by atoms with van der Waals surface area (Å²) in [5, 5.41) is 0.618. The molecular weight excluding hydrogens is 213 g/mol. The first-order valence-corrected chi connectivity index (χ1v) is 5.49. The van der Waals surface area contributed by atoms with Crippen LogP contribution in [0.25, 0.3) is 0 Å². The molecule has 0 aromatic heterocycles. The topological polar surface area (TPSA) is 26.0 Å². The average Bonchev–Trinajstić information content (AvgIpc) is 2.88. The van der Waals surface area contributed by atoms with Gasteiger partial charge in [0.1, 0.15) is 5.82 Å². The summed E-state index contributed by atoms with van der Waals surface area (Å²) in [6.07, 6.45) is 1.97. The SMILES string of the molecule is CC(C)(N)C1(c2cc(F)ccc2Cl)CC1. The second-order valence-electron chi connectivity index (χ2n) is 4.93. The number of rotatable bonds is 2. The smallest absolute Gasteiger partial charge is 0.123 e. The van der Waals surface area contributed by atoms with Crippen molar-refractivity contribution in [2.75, 3.05) is 0 Å². The van der Waals surface area contributed by atoms with Gasteiger partial charge >= 0.3 is 0 Å². The molecule has 3 heteroatoms. The fourth-order valence-electron chi connectivity index (χ4n) is 2.25. The predicted octanol–water partition coefficient (Wildman–Crippen LogP) is 3.25. The Hall–Kier alpha value is -0.600. The molecule has 1 saturated carbocycles. The zero-order valence-electron chi connectivity index (χ0n) is 8.98. The summed E-state index contributed by atoms with van der Waals surface area (Å²) in [5.74, 6) is -0.245. The summed E-state index contributed by atoms with van der Waals surface area (Å²) >= 11 is 6.10.